The number of nitrogen functional groups attached to an aromatic ring is 1. The fourth-order valence-electron chi connectivity index (χ4n) is 2.40. The van der Waals surface area contributed by atoms with Crippen molar-refractivity contribution in [1.82, 2.24) is 0 Å². The summed E-state index contributed by atoms with van der Waals surface area (Å²) in [6.07, 6.45) is 0. The highest BCUT2D eigenvalue weighted by molar-refractivity contribution is 7.80. The number of fused-ring (bicyclic) bond motifs is 3. The molecule has 0 radical (unpaired) electrons. The minimum Gasteiger partial charge on any atom is -0.398 e. The Morgan fingerprint density at radius 2 is 1.82 bits per heavy atom. The number of hydrogen-bond acceptors (Lipinski definition) is 2. The van der Waals surface area contributed by atoms with Crippen LogP contribution in [0.5, 0.6) is 0 Å². The SMILES string of the molecule is Cc1cccc2c(N)cc3ccc(S)cc3c12. The van der Waals surface area contributed by atoms with Crippen LogP contribution in [0.2, 0.25) is 0 Å². The van der Waals surface area contributed by atoms with E-state index in [-0.39, 0.29) is 0 Å². The summed E-state index contributed by atoms with van der Waals surface area (Å²) in [6, 6.07) is 14.4. The number of benzene rings is 3. The van der Waals surface area contributed by atoms with Gasteiger partial charge in [0.15, 0.2) is 0 Å². The fourth-order valence-corrected chi connectivity index (χ4v) is 2.60. The molecule has 0 saturated heterocycles. The topological polar surface area (TPSA) is 26.0 Å². The molecule has 0 aliphatic carbocycles. The Labute approximate surface area is 106 Å². The van der Waals surface area contributed by atoms with Gasteiger partial charge in [-0.05, 0) is 46.8 Å². The maximum absolute atomic E-state index is 6.11. The predicted octanol–water partition coefficient (Wildman–Crippen LogP) is 4.17. The summed E-state index contributed by atoms with van der Waals surface area (Å²) in [5.74, 6) is 0. The highest BCUT2D eigenvalue weighted by Gasteiger charge is 2.06. The van der Waals surface area contributed by atoms with Gasteiger partial charge in [0.2, 0.25) is 0 Å². The molecular formula is C15H13NS. The lowest BCUT2D eigenvalue weighted by molar-refractivity contribution is 1.51. The van der Waals surface area contributed by atoms with Crippen LogP contribution in [-0.4, -0.2) is 0 Å². The van der Waals surface area contributed by atoms with E-state index >= 15 is 0 Å². The summed E-state index contributed by atoms with van der Waals surface area (Å²) in [6.45, 7) is 2.12. The Bertz CT molecular complexity index is 732. The molecule has 17 heavy (non-hydrogen) atoms. The van der Waals surface area contributed by atoms with Crippen LogP contribution in [-0.2, 0) is 0 Å². The van der Waals surface area contributed by atoms with Crippen molar-refractivity contribution in [3.8, 4) is 0 Å². The minimum atomic E-state index is 0.836. The summed E-state index contributed by atoms with van der Waals surface area (Å²) in [4.78, 5) is 0.979. The van der Waals surface area contributed by atoms with Crippen molar-refractivity contribution in [3.63, 3.8) is 0 Å². The highest BCUT2D eigenvalue weighted by Crippen LogP contribution is 2.33. The zero-order chi connectivity index (χ0) is 12.0. The molecule has 84 valence electrons. The van der Waals surface area contributed by atoms with E-state index in [2.05, 4.69) is 43.8 Å². The number of nitrogens with two attached hydrogens (primary N) is 1. The van der Waals surface area contributed by atoms with Gasteiger partial charge in [-0.3, -0.25) is 0 Å². The maximum atomic E-state index is 6.11. The molecular weight excluding hydrogens is 226 g/mol. The van der Waals surface area contributed by atoms with E-state index in [1.807, 2.05) is 18.2 Å². The van der Waals surface area contributed by atoms with Gasteiger partial charge >= 0.3 is 0 Å². The molecule has 3 aromatic rings. The summed E-state index contributed by atoms with van der Waals surface area (Å²) in [5, 5.41) is 4.75. The van der Waals surface area contributed by atoms with E-state index in [4.69, 9.17) is 5.73 Å². The first-order valence-electron chi connectivity index (χ1n) is 5.57. The third-order valence-corrected chi connectivity index (χ3v) is 3.48. The molecule has 0 fully saturated rings. The van der Waals surface area contributed by atoms with Crippen molar-refractivity contribution >= 4 is 39.9 Å². The van der Waals surface area contributed by atoms with Crippen molar-refractivity contribution in [2.45, 2.75) is 11.8 Å². The number of hydrogen-bond donors (Lipinski definition) is 2. The van der Waals surface area contributed by atoms with Crippen LogP contribution in [0, 0.1) is 6.92 Å². The quantitative estimate of drug-likeness (QED) is 0.343. The van der Waals surface area contributed by atoms with Crippen molar-refractivity contribution in [2.75, 3.05) is 5.73 Å². The van der Waals surface area contributed by atoms with Gasteiger partial charge < -0.3 is 5.73 Å². The van der Waals surface area contributed by atoms with E-state index in [0.717, 1.165) is 16.0 Å². The molecule has 1 nitrogen and oxygen atoms in total. The third kappa shape index (κ3) is 1.56. The Morgan fingerprint density at radius 1 is 1.00 bits per heavy atom. The normalized spacial score (nSPS) is 11.2. The van der Waals surface area contributed by atoms with Gasteiger partial charge in [-0.2, -0.15) is 0 Å². The second-order valence-electron chi connectivity index (χ2n) is 4.37. The lowest BCUT2D eigenvalue weighted by Crippen LogP contribution is -1.90. The Hall–Kier alpha value is -1.67. The summed E-state index contributed by atoms with van der Waals surface area (Å²) < 4.78 is 0. The molecule has 3 aromatic carbocycles. The van der Waals surface area contributed by atoms with Crippen LogP contribution in [0.25, 0.3) is 21.5 Å². The Morgan fingerprint density at radius 3 is 2.65 bits per heavy atom. The molecule has 0 aromatic heterocycles. The minimum absolute atomic E-state index is 0.836. The number of aryl methyl sites for hydroxylation is 1. The van der Waals surface area contributed by atoms with Crippen molar-refractivity contribution in [3.05, 3.63) is 48.0 Å². The van der Waals surface area contributed by atoms with Crippen LogP contribution in [0.4, 0.5) is 5.69 Å². The lowest BCUT2D eigenvalue weighted by atomic mass is 9.97. The monoisotopic (exact) mass is 239 g/mol. The number of thiol groups is 1. The van der Waals surface area contributed by atoms with E-state index in [1.165, 1.54) is 21.7 Å². The van der Waals surface area contributed by atoms with Crippen molar-refractivity contribution < 1.29 is 0 Å². The first-order chi connectivity index (χ1) is 8.16. The fraction of sp³-hybridized carbons (Fsp3) is 0.0667. The molecule has 0 spiro atoms. The smallest absolute Gasteiger partial charge is 0.0400 e. The average Bonchev–Trinajstić information content (AvgIpc) is 2.30. The van der Waals surface area contributed by atoms with Gasteiger partial charge in [0.1, 0.15) is 0 Å². The standard InChI is InChI=1S/C15H13NS/c1-9-3-2-4-12-14(16)7-10-5-6-11(17)8-13(10)15(9)12/h2-8,17H,16H2,1H3. The molecule has 0 saturated carbocycles. The average molecular weight is 239 g/mol. The molecule has 3 rings (SSSR count). The zero-order valence-electron chi connectivity index (χ0n) is 9.57. The van der Waals surface area contributed by atoms with Gasteiger partial charge in [0.25, 0.3) is 0 Å². The van der Waals surface area contributed by atoms with E-state index < -0.39 is 0 Å². The van der Waals surface area contributed by atoms with Gasteiger partial charge in [-0.25, -0.2) is 0 Å². The van der Waals surface area contributed by atoms with Crippen LogP contribution >= 0.6 is 12.6 Å². The van der Waals surface area contributed by atoms with Gasteiger partial charge in [0, 0.05) is 16.0 Å². The first-order valence-corrected chi connectivity index (χ1v) is 6.02. The first kappa shape index (κ1) is 10.5. The summed E-state index contributed by atoms with van der Waals surface area (Å²) in [5.41, 5.74) is 8.20. The maximum Gasteiger partial charge on any atom is 0.0400 e. The number of anilines is 1. The highest BCUT2D eigenvalue weighted by atomic mass is 32.1. The molecule has 2 heteroatoms. The predicted molar refractivity (Wildman–Crippen MR) is 77.9 cm³/mol. The van der Waals surface area contributed by atoms with E-state index in [1.54, 1.807) is 0 Å². The molecule has 0 atom stereocenters. The molecule has 0 aliphatic rings. The second kappa shape index (κ2) is 3.67. The van der Waals surface area contributed by atoms with Crippen molar-refractivity contribution in [2.24, 2.45) is 0 Å². The Balaban J connectivity index is 2.65. The van der Waals surface area contributed by atoms with Crippen molar-refractivity contribution in [1.29, 1.82) is 0 Å². The van der Waals surface area contributed by atoms with E-state index in [0.29, 0.717) is 0 Å². The molecule has 0 bridgehead atoms. The largest absolute Gasteiger partial charge is 0.398 e. The van der Waals surface area contributed by atoms with Gasteiger partial charge in [0.05, 0.1) is 0 Å². The third-order valence-electron chi connectivity index (χ3n) is 3.20. The zero-order valence-corrected chi connectivity index (χ0v) is 10.5. The molecule has 0 amide bonds. The van der Waals surface area contributed by atoms with Crippen LogP contribution in [0.3, 0.4) is 0 Å². The number of rotatable bonds is 0. The van der Waals surface area contributed by atoms with Crippen LogP contribution in [0.15, 0.2) is 47.4 Å². The van der Waals surface area contributed by atoms with Crippen LogP contribution < -0.4 is 5.73 Å². The Kier molecular flexibility index (Phi) is 2.26. The molecule has 0 aliphatic heterocycles. The van der Waals surface area contributed by atoms with Gasteiger partial charge in [-0.15, -0.1) is 12.6 Å². The summed E-state index contributed by atoms with van der Waals surface area (Å²) in [7, 11) is 0. The summed E-state index contributed by atoms with van der Waals surface area (Å²) >= 11 is 4.41. The molecule has 0 heterocycles. The van der Waals surface area contributed by atoms with Gasteiger partial charge in [-0.1, -0.05) is 24.3 Å². The molecule has 2 N–H and O–H groups in total. The van der Waals surface area contributed by atoms with E-state index in [9.17, 15) is 0 Å². The molecule has 0 unspecified atom stereocenters. The van der Waals surface area contributed by atoms with Crippen LogP contribution in [0.1, 0.15) is 5.56 Å². The lowest BCUT2D eigenvalue weighted by Gasteiger charge is -2.10. The second-order valence-corrected chi connectivity index (χ2v) is 4.89.